The van der Waals surface area contributed by atoms with Crippen LogP contribution in [0.5, 0.6) is 0 Å². The van der Waals surface area contributed by atoms with Crippen molar-refractivity contribution in [2.24, 2.45) is 0 Å². The van der Waals surface area contributed by atoms with Gasteiger partial charge < -0.3 is 5.32 Å². The van der Waals surface area contributed by atoms with E-state index in [1.807, 2.05) is 0 Å². The van der Waals surface area contributed by atoms with Crippen LogP contribution in [0.25, 0.3) is 0 Å². The quantitative estimate of drug-likeness (QED) is 0.830. The molecule has 0 aliphatic heterocycles. The van der Waals surface area contributed by atoms with Crippen LogP contribution in [-0.2, 0) is 12.8 Å². The number of nitrogens with one attached hydrogen (secondary N) is 1. The van der Waals surface area contributed by atoms with E-state index in [2.05, 4.69) is 53.3 Å². The molecule has 1 nitrogen and oxygen atoms in total. The first-order valence-electron chi connectivity index (χ1n) is 7.70. The third-order valence-corrected chi connectivity index (χ3v) is 5.09. The first kappa shape index (κ1) is 13.8. The van der Waals surface area contributed by atoms with Crippen LogP contribution in [0.15, 0.2) is 41.1 Å². The molecule has 2 aromatic rings. The Labute approximate surface area is 126 Å². The maximum atomic E-state index is 3.80. The highest BCUT2D eigenvalue weighted by molar-refractivity contribution is 7.07. The average Bonchev–Trinajstić information content (AvgIpc) is 3.12. The second kappa shape index (κ2) is 6.55. The molecule has 1 aromatic heterocycles. The van der Waals surface area contributed by atoms with Crippen molar-refractivity contribution in [3.05, 3.63) is 57.8 Å². The lowest BCUT2D eigenvalue weighted by molar-refractivity contribution is 0.426. The maximum absolute atomic E-state index is 3.80. The average molecular weight is 285 g/mol. The molecule has 20 heavy (non-hydrogen) atoms. The van der Waals surface area contributed by atoms with Crippen LogP contribution in [0, 0.1) is 0 Å². The van der Waals surface area contributed by atoms with Crippen LogP contribution in [0.4, 0.5) is 0 Å². The molecule has 1 heterocycles. The zero-order valence-electron chi connectivity index (χ0n) is 12.1. The summed E-state index contributed by atoms with van der Waals surface area (Å²) in [5.41, 5.74) is 4.62. The standard InChI is InChI=1S/C18H23NS/c1-2-10-19-18(12-14-9-11-20-13-14)17-8-7-15-5-3-4-6-16(15)17/h3-6,9,11,13,17-19H,2,7-8,10,12H2,1H3. The minimum atomic E-state index is 0.577. The zero-order valence-corrected chi connectivity index (χ0v) is 13.0. The Balaban J connectivity index is 1.79. The minimum absolute atomic E-state index is 0.577. The van der Waals surface area contributed by atoms with Crippen LogP contribution >= 0.6 is 11.3 Å². The molecule has 1 aliphatic rings. The molecule has 0 saturated heterocycles. The number of thiophene rings is 1. The van der Waals surface area contributed by atoms with Crippen molar-refractivity contribution in [3.8, 4) is 0 Å². The van der Waals surface area contributed by atoms with Crippen molar-refractivity contribution < 1.29 is 0 Å². The van der Waals surface area contributed by atoms with Gasteiger partial charge in [0.1, 0.15) is 0 Å². The molecule has 2 atom stereocenters. The van der Waals surface area contributed by atoms with Crippen LogP contribution in [0.3, 0.4) is 0 Å². The normalized spacial score (nSPS) is 18.9. The van der Waals surface area contributed by atoms with Crippen molar-refractivity contribution in [1.82, 2.24) is 5.32 Å². The predicted octanol–water partition coefficient (Wildman–Crippen LogP) is 4.39. The zero-order chi connectivity index (χ0) is 13.8. The van der Waals surface area contributed by atoms with Gasteiger partial charge >= 0.3 is 0 Å². The molecule has 0 fully saturated rings. The first-order valence-corrected chi connectivity index (χ1v) is 8.65. The molecule has 0 radical (unpaired) electrons. The van der Waals surface area contributed by atoms with Crippen LogP contribution < -0.4 is 5.32 Å². The lowest BCUT2D eigenvalue weighted by Crippen LogP contribution is -2.36. The van der Waals surface area contributed by atoms with Gasteiger partial charge in [0.05, 0.1) is 0 Å². The van der Waals surface area contributed by atoms with Crippen molar-refractivity contribution in [2.75, 3.05) is 6.54 Å². The summed E-state index contributed by atoms with van der Waals surface area (Å²) in [7, 11) is 0. The lowest BCUT2D eigenvalue weighted by atomic mass is 9.89. The number of rotatable bonds is 6. The molecular formula is C18H23NS. The summed E-state index contributed by atoms with van der Waals surface area (Å²) in [5, 5.41) is 8.28. The summed E-state index contributed by atoms with van der Waals surface area (Å²) in [6, 6.07) is 11.9. The van der Waals surface area contributed by atoms with Crippen LogP contribution in [0.2, 0.25) is 0 Å². The molecule has 3 rings (SSSR count). The maximum Gasteiger partial charge on any atom is 0.0177 e. The van der Waals surface area contributed by atoms with Gasteiger partial charge in [-0.25, -0.2) is 0 Å². The van der Waals surface area contributed by atoms with Gasteiger partial charge in [-0.3, -0.25) is 0 Å². The van der Waals surface area contributed by atoms with Gasteiger partial charge in [0.15, 0.2) is 0 Å². The lowest BCUT2D eigenvalue weighted by Gasteiger charge is -2.25. The van der Waals surface area contributed by atoms with E-state index in [0.29, 0.717) is 12.0 Å². The number of hydrogen-bond acceptors (Lipinski definition) is 2. The van der Waals surface area contributed by atoms with Crippen LogP contribution in [-0.4, -0.2) is 12.6 Å². The van der Waals surface area contributed by atoms with Crippen molar-refractivity contribution in [3.63, 3.8) is 0 Å². The third kappa shape index (κ3) is 2.97. The molecule has 1 aliphatic carbocycles. The van der Waals surface area contributed by atoms with E-state index >= 15 is 0 Å². The molecule has 2 unspecified atom stereocenters. The molecule has 1 aromatic carbocycles. The fourth-order valence-electron chi connectivity index (χ4n) is 3.36. The highest BCUT2D eigenvalue weighted by atomic mass is 32.1. The molecule has 1 N–H and O–H groups in total. The fraction of sp³-hybridized carbons (Fsp3) is 0.444. The molecule has 0 amide bonds. The van der Waals surface area contributed by atoms with Crippen LogP contribution in [0.1, 0.15) is 42.4 Å². The molecule has 106 valence electrons. The van der Waals surface area contributed by atoms with E-state index in [-0.39, 0.29) is 0 Å². The van der Waals surface area contributed by atoms with Gasteiger partial charge in [0.25, 0.3) is 0 Å². The summed E-state index contributed by atoms with van der Waals surface area (Å²) >= 11 is 1.81. The number of fused-ring (bicyclic) bond motifs is 1. The van der Waals surface area contributed by atoms with Crippen molar-refractivity contribution in [2.45, 2.75) is 44.6 Å². The number of aryl methyl sites for hydroxylation is 1. The molecule has 0 bridgehead atoms. The van der Waals surface area contributed by atoms with E-state index in [1.54, 1.807) is 22.5 Å². The highest BCUT2D eigenvalue weighted by Gasteiger charge is 2.29. The van der Waals surface area contributed by atoms with Gasteiger partial charge in [-0.15, -0.1) is 0 Å². The number of benzene rings is 1. The Bertz CT molecular complexity index is 532. The van der Waals surface area contributed by atoms with Crippen molar-refractivity contribution in [1.29, 1.82) is 0 Å². The third-order valence-electron chi connectivity index (χ3n) is 4.36. The highest BCUT2D eigenvalue weighted by Crippen LogP contribution is 2.36. The Morgan fingerprint density at radius 2 is 2.20 bits per heavy atom. The predicted molar refractivity (Wildman–Crippen MR) is 87.6 cm³/mol. The smallest absolute Gasteiger partial charge is 0.0177 e. The molecule has 0 spiro atoms. The molecule has 0 saturated carbocycles. The Morgan fingerprint density at radius 3 is 3.00 bits per heavy atom. The topological polar surface area (TPSA) is 12.0 Å². The Hall–Kier alpha value is -1.12. The minimum Gasteiger partial charge on any atom is -0.313 e. The van der Waals surface area contributed by atoms with E-state index < -0.39 is 0 Å². The summed E-state index contributed by atoms with van der Waals surface area (Å²) in [6.07, 6.45) is 4.90. The largest absolute Gasteiger partial charge is 0.313 e. The van der Waals surface area contributed by atoms with E-state index in [4.69, 9.17) is 0 Å². The van der Waals surface area contributed by atoms with Gasteiger partial charge in [-0.1, -0.05) is 31.2 Å². The first-order chi connectivity index (χ1) is 9.88. The summed E-state index contributed by atoms with van der Waals surface area (Å²) in [4.78, 5) is 0. The van der Waals surface area contributed by atoms with Gasteiger partial charge in [-0.05, 0) is 65.7 Å². The van der Waals surface area contributed by atoms with E-state index in [9.17, 15) is 0 Å². The summed E-state index contributed by atoms with van der Waals surface area (Å²) in [5.74, 6) is 0.678. The van der Waals surface area contributed by atoms with Gasteiger partial charge in [-0.2, -0.15) is 11.3 Å². The van der Waals surface area contributed by atoms with Crippen molar-refractivity contribution >= 4 is 11.3 Å². The second-order valence-electron chi connectivity index (χ2n) is 5.74. The molecular weight excluding hydrogens is 262 g/mol. The fourth-order valence-corrected chi connectivity index (χ4v) is 4.04. The van der Waals surface area contributed by atoms with Gasteiger partial charge in [0.2, 0.25) is 0 Å². The monoisotopic (exact) mass is 285 g/mol. The number of hydrogen-bond donors (Lipinski definition) is 1. The summed E-state index contributed by atoms with van der Waals surface area (Å²) in [6.45, 7) is 3.37. The molecule has 2 heteroatoms. The van der Waals surface area contributed by atoms with E-state index in [0.717, 1.165) is 13.0 Å². The Morgan fingerprint density at radius 1 is 1.30 bits per heavy atom. The summed E-state index contributed by atoms with van der Waals surface area (Å²) < 4.78 is 0. The van der Waals surface area contributed by atoms with Gasteiger partial charge in [0, 0.05) is 12.0 Å². The SMILES string of the molecule is CCCNC(Cc1ccsc1)C1CCc2ccccc21. The Kier molecular flexibility index (Phi) is 4.54. The second-order valence-corrected chi connectivity index (χ2v) is 6.52. The van der Waals surface area contributed by atoms with E-state index in [1.165, 1.54) is 24.8 Å².